The summed E-state index contributed by atoms with van der Waals surface area (Å²) >= 11 is 3.23. The first-order chi connectivity index (χ1) is 9.24. The standard InChI is InChI=1S/C11H13BrF3NO3S/c12-7-9-1-3-10(4-2-9)20(17,18)16-5-6-19-8-11(13,14)15/h1-4,16H,5-8H2. The highest BCUT2D eigenvalue weighted by atomic mass is 79.9. The molecule has 20 heavy (non-hydrogen) atoms. The van der Waals surface area contributed by atoms with Crippen LogP contribution >= 0.6 is 15.9 Å². The van der Waals surface area contributed by atoms with E-state index in [-0.39, 0.29) is 18.0 Å². The van der Waals surface area contributed by atoms with Gasteiger partial charge in [-0.25, -0.2) is 13.1 Å². The molecule has 1 aromatic carbocycles. The molecule has 0 spiro atoms. The summed E-state index contributed by atoms with van der Waals surface area (Å²) in [6, 6.07) is 6.14. The summed E-state index contributed by atoms with van der Waals surface area (Å²) in [4.78, 5) is 0.0537. The SMILES string of the molecule is O=S(=O)(NCCOCC(F)(F)F)c1ccc(CBr)cc1. The lowest BCUT2D eigenvalue weighted by Crippen LogP contribution is -2.29. The Morgan fingerprint density at radius 2 is 1.80 bits per heavy atom. The van der Waals surface area contributed by atoms with Gasteiger partial charge in [-0.2, -0.15) is 13.2 Å². The summed E-state index contributed by atoms with van der Waals surface area (Å²) in [5.41, 5.74) is 0.914. The van der Waals surface area contributed by atoms with Crippen molar-refractivity contribution in [3.63, 3.8) is 0 Å². The fourth-order valence-corrected chi connectivity index (χ4v) is 2.66. The number of sulfonamides is 1. The summed E-state index contributed by atoms with van der Waals surface area (Å²) in [7, 11) is -3.73. The number of rotatable bonds is 7. The molecule has 0 atom stereocenters. The van der Waals surface area contributed by atoms with Crippen LogP contribution in [0.3, 0.4) is 0 Å². The third-order valence-corrected chi connectivity index (χ3v) is 4.32. The first kappa shape index (κ1) is 17.4. The van der Waals surface area contributed by atoms with E-state index in [2.05, 4.69) is 25.4 Å². The Morgan fingerprint density at radius 3 is 2.30 bits per heavy atom. The zero-order chi connectivity index (χ0) is 15.2. The molecule has 0 fully saturated rings. The van der Waals surface area contributed by atoms with Gasteiger partial charge in [0.05, 0.1) is 11.5 Å². The fourth-order valence-electron chi connectivity index (χ4n) is 1.28. The zero-order valence-corrected chi connectivity index (χ0v) is 12.7. The van der Waals surface area contributed by atoms with Gasteiger partial charge in [-0.1, -0.05) is 28.1 Å². The van der Waals surface area contributed by atoms with Crippen molar-refractivity contribution in [1.82, 2.24) is 4.72 Å². The third-order valence-electron chi connectivity index (χ3n) is 2.19. The predicted octanol–water partition coefficient (Wildman–Crippen LogP) is 2.44. The Balaban J connectivity index is 2.45. The van der Waals surface area contributed by atoms with Crippen LogP contribution in [0.2, 0.25) is 0 Å². The van der Waals surface area contributed by atoms with Crippen LogP contribution in [-0.2, 0) is 20.1 Å². The third kappa shape index (κ3) is 6.21. The summed E-state index contributed by atoms with van der Waals surface area (Å²) < 4.78 is 65.4. The molecule has 1 N–H and O–H groups in total. The molecule has 1 rings (SSSR count). The molecule has 9 heteroatoms. The Labute approximate surface area is 123 Å². The van der Waals surface area contributed by atoms with E-state index in [9.17, 15) is 21.6 Å². The van der Waals surface area contributed by atoms with Crippen molar-refractivity contribution >= 4 is 26.0 Å². The van der Waals surface area contributed by atoms with Gasteiger partial charge in [0, 0.05) is 11.9 Å². The first-order valence-electron chi connectivity index (χ1n) is 5.54. The van der Waals surface area contributed by atoms with Crippen molar-refractivity contribution in [1.29, 1.82) is 0 Å². The molecule has 0 unspecified atom stereocenters. The highest BCUT2D eigenvalue weighted by Gasteiger charge is 2.27. The van der Waals surface area contributed by atoms with Crippen LogP contribution in [0.5, 0.6) is 0 Å². The highest BCUT2D eigenvalue weighted by molar-refractivity contribution is 9.08. The zero-order valence-electron chi connectivity index (χ0n) is 10.3. The van der Waals surface area contributed by atoms with Crippen molar-refractivity contribution in [2.45, 2.75) is 16.4 Å². The van der Waals surface area contributed by atoms with Gasteiger partial charge in [-0.3, -0.25) is 0 Å². The minimum absolute atomic E-state index is 0.0537. The van der Waals surface area contributed by atoms with Crippen LogP contribution in [0.1, 0.15) is 5.56 Å². The van der Waals surface area contributed by atoms with E-state index in [1.165, 1.54) is 12.1 Å². The number of hydrogen-bond donors (Lipinski definition) is 1. The van der Waals surface area contributed by atoms with Crippen LogP contribution in [0, 0.1) is 0 Å². The highest BCUT2D eigenvalue weighted by Crippen LogP contribution is 2.14. The molecular weight excluding hydrogens is 363 g/mol. The molecule has 1 aromatic rings. The molecule has 0 aliphatic heterocycles. The van der Waals surface area contributed by atoms with E-state index in [4.69, 9.17) is 0 Å². The van der Waals surface area contributed by atoms with Gasteiger partial charge in [-0.05, 0) is 17.7 Å². The molecule has 4 nitrogen and oxygen atoms in total. The molecule has 0 aliphatic rings. The van der Waals surface area contributed by atoms with E-state index in [0.717, 1.165) is 5.56 Å². The van der Waals surface area contributed by atoms with Gasteiger partial charge in [0.1, 0.15) is 6.61 Å². The second kappa shape index (κ2) is 7.39. The van der Waals surface area contributed by atoms with Gasteiger partial charge < -0.3 is 4.74 Å². The molecule has 0 aliphatic carbocycles. The van der Waals surface area contributed by atoms with Crippen molar-refractivity contribution in [2.24, 2.45) is 0 Å². The summed E-state index contributed by atoms with van der Waals surface area (Å²) in [5, 5.41) is 0.603. The van der Waals surface area contributed by atoms with Gasteiger partial charge in [0.15, 0.2) is 0 Å². The smallest absolute Gasteiger partial charge is 0.371 e. The van der Waals surface area contributed by atoms with Crippen LogP contribution in [0.25, 0.3) is 0 Å². The maximum atomic E-state index is 11.8. The second-order valence-electron chi connectivity index (χ2n) is 3.84. The van der Waals surface area contributed by atoms with E-state index in [0.29, 0.717) is 5.33 Å². The average molecular weight is 376 g/mol. The molecule has 0 amide bonds. The molecule has 0 bridgehead atoms. The quantitative estimate of drug-likeness (QED) is 0.588. The van der Waals surface area contributed by atoms with Crippen molar-refractivity contribution < 1.29 is 26.3 Å². The molecule has 114 valence electrons. The molecule has 0 saturated carbocycles. The lowest BCUT2D eigenvalue weighted by atomic mass is 10.2. The predicted molar refractivity (Wildman–Crippen MR) is 71.1 cm³/mol. The van der Waals surface area contributed by atoms with Gasteiger partial charge >= 0.3 is 6.18 Å². The maximum absolute atomic E-state index is 11.8. The molecule has 0 heterocycles. The number of ether oxygens (including phenoxy) is 1. The van der Waals surface area contributed by atoms with Gasteiger partial charge in [0.2, 0.25) is 10.0 Å². The number of halogens is 4. The van der Waals surface area contributed by atoms with Crippen molar-refractivity contribution in [2.75, 3.05) is 19.8 Å². The molecule has 0 saturated heterocycles. The fraction of sp³-hybridized carbons (Fsp3) is 0.455. The summed E-state index contributed by atoms with van der Waals surface area (Å²) in [6.07, 6.45) is -4.41. The van der Waals surface area contributed by atoms with Crippen LogP contribution in [0.4, 0.5) is 13.2 Å². The Kier molecular flexibility index (Phi) is 6.44. The number of alkyl halides is 4. The summed E-state index contributed by atoms with van der Waals surface area (Å²) in [5.74, 6) is 0. The van der Waals surface area contributed by atoms with Crippen LogP contribution in [0.15, 0.2) is 29.2 Å². The lowest BCUT2D eigenvalue weighted by Gasteiger charge is -2.09. The van der Waals surface area contributed by atoms with E-state index >= 15 is 0 Å². The maximum Gasteiger partial charge on any atom is 0.411 e. The van der Waals surface area contributed by atoms with Gasteiger partial charge in [-0.15, -0.1) is 0 Å². The van der Waals surface area contributed by atoms with E-state index < -0.39 is 22.8 Å². The summed E-state index contributed by atoms with van der Waals surface area (Å²) in [6.45, 7) is -1.97. The second-order valence-corrected chi connectivity index (χ2v) is 6.17. The Bertz CT molecular complexity index is 517. The Hall–Kier alpha value is -0.640. The van der Waals surface area contributed by atoms with E-state index in [1.807, 2.05) is 0 Å². The van der Waals surface area contributed by atoms with Crippen molar-refractivity contribution in [3.8, 4) is 0 Å². The van der Waals surface area contributed by atoms with Crippen LogP contribution < -0.4 is 4.72 Å². The Morgan fingerprint density at radius 1 is 1.20 bits per heavy atom. The average Bonchev–Trinajstić information content (AvgIpc) is 2.37. The number of benzene rings is 1. The topological polar surface area (TPSA) is 55.4 Å². The number of hydrogen-bond acceptors (Lipinski definition) is 3. The van der Waals surface area contributed by atoms with E-state index in [1.54, 1.807) is 12.1 Å². The monoisotopic (exact) mass is 375 g/mol. The normalized spacial score (nSPS) is 12.6. The number of nitrogens with one attached hydrogen (secondary N) is 1. The van der Waals surface area contributed by atoms with Gasteiger partial charge in [0.25, 0.3) is 0 Å². The molecule has 0 radical (unpaired) electrons. The minimum Gasteiger partial charge on any atom is -0.371 e. The molecule has 0 aromatic heterocycles. The van der Waals surface area contributed by atoms with Crippen LogP contribution in [-0.4, -0.2) is 34.4 Å². The lowest BCUT2D eigenvalue weighted by molar-refractivity contribution is -0.173. The van der Waals surface area contributed by atoms with Crippen molar-refractivity contribution in [3.05, 3.63) is 29.8 Å². The first-order valence-corrected chi connectivity index (χ1v) is 8.14. The minimum atomic E-state index is -4.41. The largest absolute Gasteiger partial charge is 0.411 e. The molecular formula is C11H13BrF3NO3S.